The third-order valence-corrected chi connectivity index (χ3v) is 3.78. The van der Waals surface area contributed by atoms with E-state index in [1.807, 2.05) is 6.07 Å². The second-order valence-corrected chi connectivity index (χ2v) is 7.64. The number of ether oxygens (including phenoxy) is 2. The third kappa shape index (κ3) is 8.56. The molecule has 172 valence electrons. The average molecular weight is 445 g/mol. The van der Waals surface area contributed by atoms with Gasteiger partial charge in [0.1, 0.15) is 18.0 Å². The summed E-state index contributed by atoms with van der Waals surface area (Å²) in [5, 5.41) is 5.37. The number of anilines is 1. The van der Waals surface area contributed by atoms with E-state index in [1.54, 1.807) is 45.0 Å². The Labute approximate surface area is 185 Å². The lowest BCUT2D eigenvalue weighted by molar-refractivity contribution is -0.117. The number of carbonyl (C=O) groups is 3. The molecule has 0 aliphatic rings. The summed E-state index contributed by atoms with van der Waals surface area (Å²) in [4.78, 5) is 55.1. The summed E-state index contributed by atoms with van der Waals surface area (Å²) in [7, 11) is 0. The molecule has 11 nitrogen and oxygen atoms in total. The number of benzene rings is 1. The lowest BCUT2D eigenvalue weighted by Crippen LogP contribution is -2.45. The molecule has 11 heteroatoms. The quantitative estimate of drug-likeness (QED) is 0.520. The Morgan fingerprint density at radius 3 is 2.47 bits per heavy atom. The van der Waals surface area contributed by atoms with Gasteiger partial charge in [0.15, 0.2) is 0 Å². The SMILES string of the molecule is CC(C)(C)OC(=O)NCCNCC(=O)N(C(=O)OCc1ccccc1)c1ccnc(=O)[nH]1. The molecule has 2 aromatic rings. The molecule has 0 aliphatic carbocycles. The first-order valence-electron chi connectivity index (χ1n) is 9.92. The molecule has 0 spiro atoms. The minimum atomic E-state index is -0.950. The second kappa shape index (κ2) is 11.6. The van der Waals surface area contributed by atoms with Crippen LogP contribution in [0.5, 0.6) is 0 Å². The summed E-state index contributed by atoms with van der Waals surface area (Å²) in [6.07, 6.45) is -0.350. The highest BCUT2D eigenvalue weighted by Gasteiger charge is 2.26. The van der Waals surface area contributed by atoms with Gasteiger partial charge in [0, 0.05) is 19.3 Å². The molecule has 0 radical (unpaired) electrons. The van der Waals surface area contributed by atoms with E-state index in [0.29, 0.717) is 0 Å². The molecule has 3 N–H and O–H groups in total. The Bertz CT molecular complexity index is 970. The smallest absolute Gasteiger partial charge is 0.422 e. The Kier molecular flexibility index (Phi) is 8.90. The third-order valence-electron chi connectivity index (χ3n) is 3.78. The number of H-pyrrole nitrogens is 1. The summed E-state index contributed by atoms with van der Waals surface area (Å²) in [5.74, 6) is -0.732. The van der Waals surface area contributed by atoms with E-state index in [2.05, 4.69) is 20.6 Å². The van der Waals surface area contributed by atoms with E-state index >= 15 is 0 Å². The number of imide groups is 1. The Morgan fingerprint density at radius 1 is 1.09 bits per heavy atom. The largest absolute Gasteiger partial charge is 0.444 e. The number of nitrogens with zero attached hydrogens (tertiary/aromatic N) is 2. The molecule has 1 heterocycles. The summed E-state index contributed by atoms with van der Waals surface area (Å²) in [6.45, 7) is 5.39. The van der Waals surface area contributed by atoms with Crippen molar-refractivity contribution in [1.82, 2.24) is 20.6 Å². The fourth-order valence-electron chi connectivity index (χ4n) is 2.45. The van der Waals surface area contributed by atoms with Gasteiger partial charge in [-0.05, 0) is 32.4 Å². The van der Waals surface area contributed by atoms with Crippen molar-refractivity contribution in [3.63, 3.8) is 0 Å². The maximum atomic E-state index is 12.7. The number of hydrogen-bond acceptors (Lipinski definition) is 8. The summed E-state index contributed by atoms with van der Waals surface area (Å²) in [5.41, 5.74) is -0.594. The van der Waals surface area contributed by atoms with Gasteiger partial charge in [-0.15, -0.1) is 0 Å². The maximum absolute atomic E-state index is 12.7. The van der Waals surface area contributed by atoms with Crippen LogP contribution >= 0.6 is 0 Å². The van der Waals surface area contributed by atoms with E-state index in [4.69, 9.17) is 9.47 Å². The predicted molar refractivity (Wildman–Crippen MR) is 116 cm³/mol. The molecule has 1 aromatic carbocycles. The van der Waals surface area contributed by atoms with Gasteiger partial charge in [-0.3, -0.25) is 9.78 Å². The Morgan fingerprint density at radius 2 is 1.81 bits per heavy atom. The van der Waals surface area contributed by atoms with Crippen molar-refractivity contribution < 1.29 is 23.9 Å². The van der Waals surface area contributed by atoms with E-state index in [-0.39, 0.29) is 32.1 Å². The van der Waals surface area contributed by atoms with Crippen LogP contribution in [0.4, 0.5) is 15.4 Å². The Balaban J connectivity index is 1.93. The molecule has 1 aromatic heterocycles. The van der Waals surface area contributed by atoms with Crippen molar-refractivity contribution in [2.75, 3.05) is 24.5 Å². The number of aromatic amines is 1. The van der Waals surface area contributed by atoms with Crippen molar-refractivity contribution in [2.45, 2.75) is 33.0 Å². The maximum Gasteiger partial charge on any atom is 0.422 e. The molecule has 3 amide bonds. The zero-order valence-electron chi connectivity index (χ0n) is 18.2. The van der Waals surface area contributed by atoms with Crippen molar-refractivity contribution in [1.29, 1.82) is 0 Å². The summed E-state index contributed by atoms with van der Waals surface area (Å²) < 4.78 is 10.3. The van der Waals surface area contributed by atoms with Crippen LogP contribution < -0.4 is 21.2 Å². The fourth-order valence-corrected chi connectivity index (χ4v) is 2.45. The van der Waals surface area contributed by atoms with Crippen molar-refractivity contribution in [3.05, 3.63) is 58.6 Å². The van der Waals surface area contributed by atoms with Gasteiger partial charge >= 0.3 is 17.9 Å². The van der Waals surface area contributed by atoms with E-state index in [0.717, 1.165) is 10.5 Å². The lowest BCUT2D eigenvalue weighted by atomic mass is 10.2. The van der Waals surface area contributed by atoms with Crippen LogP contribution in [-0.4, -0.2) is 53.3 Å². The molecule has 2 rings (SSSR count). The number of alkyl carbamates (subject to hydrolysis) is 1. The zero-order valence-corrected chi connectivity index (χ0v) is 18.2. The molecule has 0 saturated heterocycles. The highest BCUT2D eigenvalue weighted by molar-refractivity contribution is 6.12. The van der Waals surface area contributed by atoms with Crippen molar-refractivity contribution in [2.24, 2.45) is 0 Å². The van der Waals surface area contributed by atoms with Crippen molar-refractivity contribution in [3.8, 4) is 0 Å². The molecule has 0 atom stereocenters. The van der Waals surface area contributed by atoms with Crippen LogP contribution in [0.15, 0.2) is 47.4 Å². The summed E-state index contributed by atoms with van der Waals surface area (Å²) in [6, 6.07) is 10.3. The van der Waals surface area contributed by atoms with Gasteiger partial charge in [0.2, 0.25) is 0 Å². The molecule has 0 saturated carbocycles. The van der Waals surface area contributed by atoms with E-state index in [9.17, 15) is 19.2 Å². The van der Waals surface area contributed by atoms with Crippen LogP contribution in [0.1, 0.15) is 26.3 Å². The highest BCUT2D eigenvalue weighted by atomic mass is 16.6. The molecule has 32 heavy (non-hydrogen) atoms. The van der Waals surface area contributed by atoms with Crippen LogP contribution in [0.3, 0.4) is 0 Å². The van der Waals surface area contributed by atoms with E-state index in [1.165, 1.54) is 12.3 Å². The Hall–Kier alpha value is -3.73. The van der Waals surface area contributed by atoms with Gasteiger partial charge in [0.25, 0.3) is 5.91 Å². The van der Waals surface area contributed by atoms with Crippen LogP contribution in [0.2, 0.25) is 0 Å². The fraction of sp³-hybridized carbons (Fsp3) is 0.381. The minimum Gasteiger partial charge on any atom is -0.444 e. The van der Waals surface area contributed by atoms with Crippen LogP contribution in [-0.2, 0) is 20.9 Å². The number of hydrogen-bond donors (Lipinski definition) is 3. The first-order chi connectivity index (χ1) is 15.2. The zero-order chi connectivity index (χ0) is 23.6. The average Bonchev–Trinajstić information content (AvgIpc) is 2.72. The van der Waals surface area contributed by atoms with Crippen LogP contribution in [0, 0.1) is 0 Å². The number of amides is 3. The second-order valence-electron chi connectivity index (χ2n) is 7.64. The van der Waals surface area contributed by atoms with Crippen LogP contribution in [0.25, 0.3) is 0 Å². The van der Waals surface area contributed by atoms with Gasteiger partial charge in [-0.1, -0.05) is 30.3 Å². The summed E-state index contributed by atoms with van der Waals surface area (Å²) >= 11 is 0. The molecular weight excluding hydrogens is 418 g/mol. The monoisotopic (exact) mass is 445 g/mol. The van der Waals surface area contributed by atoms with Gasteiger partial charge in [0.05, 0.1) is 6.54 Å². The van der Waals surface area contributed by atoms with E-state index < -0.39 is 29.4 Å². The first kappa shape index (κ1) is 24.5. The predicted octanol–water partition coefficient (Wildman–Crippen LogP) is 1.55. The molecular formula is C21H27N5O6. The molecule has 0 aliphatic heterocycles. The molecule has 0 fully saturated rings. The van der Waals surface area contributed by atoms with Crippen molar-refractivity contribution >= 4 is 23.9 Å². The number of rotatable bonds is 8. The molecule has 0 unspecified atom stereocenters. The minimum absolute atomic E-state index is 0.0496. The van der Waals surface area contributed by atoms with Gasteiger partial charge in [-0.25, -0.2) is 19.4 Å². The highest BCUT2D eigenvalue weighted by Crippen LogP contribution is 2.11. The normalized spacial score (nSPS) is 10.8. The number of aromatic nitrogens is 2. The standard InChI is InChI=1S/C21H27N5O6/c1-21(2,3)32-19(29)24-12-11-22-13-17(27)26(16-9-10-23-18(28)25-16)20(30)31-14-15-7-5-4-6-8-15/h4-10,22H,11-14H2,1-3H3,(H,24,29)(H,23,25,28). The van der Waals surface area contributed by atoms with Gasteiger partial charge in [-0.2, -0.15) is 4.90 Å². The topological polar surface area (TPSA) is 143 Å². The molecule has 0 bridgehead atoms. The first-order valence-corrected chi connectivity index (χ1v) is 9.92. The van der Waals surface area contributed by atoms with Gasteiger partial charge < -0.3 is 20.1 Å². The number of carbonyl (C=O) groups excluding carboxylic acids is 3. The lowest BCUT2D eigenvalue weighted by Gasteiger charge is -2.20. The number of nitrogens with one attached hydrogen (secondary N) is 3.